The fraction of sp³-hybridized carbons (Fsp3) is 0.364. The predicted octanol–water partition coefficient (Wildman–Crippen LogP) is 0.904. The highest BCUT2D eigenvalue weighted by atomic mass is 15.3. The third-order valence-electron chi connectivity index (χ3n) is 3.56. The number of hydrogen-bond acceptors (Lipinski definition) is 4. The van der Waals surface area contributed by atoms with E-state index in [4.69, 9.17) is 5.73 Å². The van der Waals surface area contributed by atoms with Crippen LogP contribution in [0.1, 0.15) is 23.6 Å². The normalized spacial score (nSPS) is 25.2. The minimum atomic E-state index is 0.654. The molecule has 5 heteroatoms. The number of nitrogen functional groups attached to an aromatic ring is 1. The second-order valence-electron chi connectivity index (χ2n) is 4.53. The van der Waals surface area contributed by atoms with Crippen molar-refractivity contribution >= 4 is 5.82 Å². The van der Waals surface area contributed by atoms with Crippen LogP contribution in [0.2, 0.25) is 0 Å². The second kappa shape index (κ2) is 2.61. The average molecular weight is 213 g/mol. The van der Waals surface area contributed by atoms with E-state index in [0.717, 1.165) is 18.2 Å². The molecule has 0 radical (unpaired) electrons. The SMILES string of the molecule is Nc1nn(-c2cnccn2)c2c1CC1CC21. The fourth-order valence-corrected chi connectivity index (χ4v) is 2.72. The van der Waals surface area contributed by atoms with Gasteiger partial charge in [-0.15, -0.1) is 5.10 Å². The van der Waals surface area contributed by atoms with Gasteiger partial charge in [-0.25, -0.2) is 9.67 Å². The molecule has 80 valence electrons. The standard InChI is InChI=1S/C11H11N5/c12-11-8-4-6-3-7(6)10(8)16(15-11)9-5-13-1-2-14-9/h1-2,5-7H,3-4H2,(H2,12,15). The van der Waals surface area contributed by atoms with Gasteiger partial charge in [-0.1, -0.05) is 0 Å². The summed E-state index contributed by atoms with van der Waals surface area (Å²) in [5.41, 5.74) is 8.43. The van der Waals surface area contributed by atoms with Gasteiger partial charge in [0.1, 0.15) is 5.82 Å². The molecule has 0 saturated heterocycles. The van der Waals surface area contributed by atoms with Crippen LogP contribution in [0.3, 0.4) is 0 Å². The van der Waals surface area contributed by atoms with Crippen LogP contribution in [0.25, 0.3) is 5.82 Å². The topological polar surface area (TPSA) is 69.6 Å². The highest BCUT2D eigenvalue weighted by molar-refractivity contribution is 5.52. The van der Waals surface area contributed by atoms with Gasteiger partial charge >= 0.3 is 0 Å². The van der Waals surface area contributed by atoms with E-state index in [1.807, 2.05) is 4.68 Å². The lowest BCUT2D eigenvalue weighted by molar-refractivity contribution is 0.770. The Bertz CT molecular complexity index is 559. The predicted molar refractivity (Wildman–Crippen MR) is 58.1 cm³/mol. The third kappa shape index (κ3) is 0.925. The first kappa shape index (κ1) is 8.27. The lowest BCUT2D eigenvalue weighted by Gasteiger charge is -2.03. The molecular weight excluding hydrogens is 202 g/mol. The molecular formula is C11H11N5. The van der Waals surface area contributed by atoms with E-state index in [0.29, 0.717) is 11.7 Å². The maximum absolute atomic E-state index is 5.93. The minimum absolute atomic E-state index is 0.654. The van der Waals surface area contributed by atoms with Gasteiger partial charge in [0.2, 0.25) is 0 Å². The molecule has 2 unspecified atom stereocenters. The fourth-order valence-electron chi connectivity index (χ4n) is 2.72. The number of anilines is 1. The maximum Gasteiger partial charge on any atom is 0.172 e. The molecule has 1 fully saturated rings. The van der Waals surface area contributed by atoms with Crippen molar-refractivity contribution in [1.82, 2.24) is 19.7 Å². The molecule has 4 rings (SSSR count). The molecule has 2 heterocycles. The number of fused-ring (bicyclic) bond motifs is 3. The zero-order chi connectivity index (χ0) is 10.7. The average Bonchev–Trinajstić information content (AvgIpc) is 2.86. The zero-order valence-electron chi connectivity index (χ0n) is 8.67. The Morgan fingerprint density at radius 1 is 1.38 bits per heavy atom. The molecule has 2 aromatic rings. The molecule has 1 saturated carbocycles. The molecule has 0 amide bonds. The number of hydrogen-bond donors (Lipinski definition) is 1. The van der Waals surface area contributed by atoms with Gasteiger partial charge in [0.05, 0.1) is 11.9 Å². The van der Waals surface area contributed by atoms with Gasteiger partial charge in [0, 0.05) is 23.9 Å². The van der Waals surface area contributed by atoms with Crippen LogP contribution in [0.15, 0.2) is 18.6 Å². The largest absolute Gasteiger partial charge is 0.382 e. The Morgan fingerprint density at radius 3 is 3.12 bits per heavy atom. The maximum atomic E-state index is 5.93. The van der Waals surface area contributed by atoms with Crippen molar-refractivity contribution < 1.29 is 0 Å². The molecule has 2 aliphatic carbocycles. The lowest BCUT2D eigenvalue weighted by Crippen LogP contribution is -2.04. The smallest absolute Gasteiger partial charge is 0.172 e. The molecule has 0 aliphatic heterocycles. The monoisotopic (exact) mass is 213 g/mol. The van der Waals surface area contributed by atoms with Crippen molar-refractivity contribution in [2.75, 3.05) is 5.73 Å². The first-order chi connectivity index (χ1) is 7.84. The summed E-state index contributed by atoms with van der Waals surface area (Å²) < 4.78 is 1.87. The van der Waals surface area contributed by atoms with Gasteiger partial charge in [-0.2, -0.15) is 0 Å². The van der Waals surface area contributed by atoms with Crippen LogP contribution >= 0.6 is 0 Å². The van der Waals surface area contributed by atoms with Gasteiger partial charge < -0.3 is 5.73 Å². The quantitative estimate of drug-likeness (QED) is 0.764. The Labute approximate surface area is 92.3 Å². The summed E-state index contributed by atoms with van der Waals surface area (Å²) in [5.74, 6) is 2.89. The van der Waals surface area contributed by atoms with Crippen molar-refractivity contribution in [3.63, 3.8) is 0 Å². The van der Waals surface area contributed by atoms with E-state index in [2.05, 4.69) is 15.1 Å². The zero-order valence-corrected chi connectivity index (χ0v) is 8.67. The molecule has 0 aromatic carbocycles. The summed E-state index contributed by atoms with van der Waals surface area (Å²) >= 11 is 0. The Balaban J connectivity index is 1.94. The van der Waals surface area contributed by atoms with E-state index in [9.17, 15) is 0 Å². The van der Waals surface area contributed by atoms with Crippen LogP contribution in [-0.2, 0) is 6.42 Å². The number of nitrogens with zero attached hydrogens (tertiary/aromatic N) is 4. The van der Waals surface area contributed by atoms with Crippen LogP contribution in [0.5, 0.6) is 0 Å². The summed E-state index contributed by atoms with van der Waals surface area (Å²) in [6.45, 7) is 0. The van der Waals surface area contributed by atoms with E-state index >= 15 is 0 Å². The van der Waals surface area contributed by atoms with Crippen molar-refractivity contribution in [3.05, 3.63) is 29.8 Å². The van der Waals surface area contributed by atoms with Gasteiger partial charge in [0.25, 0.3) is 0 Å². The van der Waals surface area contributed by atoms with Crippen molar-refractivity contribution in [1.29, 1.82) is 0 Å². The molecule has 16 heavy (non-hydrogen) atoms. The van der Waals surface area contributed by atoms with E-state index < -0.39 is 0 Å². The lowest BCUT2D eigenvalue weighted by atomic mass is 10.2. The number of aromatic nitrogens is 4. The summed E-state index contributed by atoms with van der Waals surface area (Å²) in [7, 11) is 0. The summed E-state index contributed by atoms with van der Waals surface area (Å²) in [6.07, 6.45) is 7.43. The first-order valence-electron chi connectivity index (χ1n) is 5.48. The highest BCUT2D eigenvalue weighted by Crippen LogP contribution is 2.57. The Kier molecular flexibility index (Phi) is 1.35. The Morgan fingerprint density at radius 2 is 2.31 bits per heavy atom. The molecule has 0 bridgehead atoms. The minimum Gasteiger partial charge on any atom is -0.382 e. The molecule has 2 aromatic heterocycles. The van der Waals surface area contributed by atoms with E-state index in [1.165, 1.54) is 17.7 Å². The highest BCUT2D eigenvalue weighted by Gasteiger charge is 2.49. The molecule has 5 nitrogen and oxygen atoms in total. The summed E-state index contributed by atoms with van der Waals surface area (Å²) in [4.78, 5) is 8.35. The van der Waals surface area contributed by atoms with E-state index in [1.54, 1.807) is 18.6 Å². The van der Waals surface area contributed by atoms with Crippen molar-refractivity contribution in [2.45, 2.75) is 18.8 Å². The summed E-state index contributed by atoms with van der Waals surface area (Å²) in [5, 5.41) is 4.37. The van der Waals surface area contributed by atoms with Gasteiger partial charge in [0.15, 0.2) is 5.82 Å². The second-order valence-corrected chi connectivity index (χ2v) is 4.53. The van der Waals surface area contributed by atoms with Crippen LogP contribution < -0.4 is 5.73 Å². The first-order valence-corrected chi connectivity index (χ1v) is 5.48. The van der Waals surface area contributed by atoms with Gasteiger partial charge in [-0.3, -0.25) is 4.98 Å². The molecule has 2 N–H and O–H groups in total. The van der Waals surface area contributed by atoms with Crippen LogP contribution in [0, 0.1) is 5.92 Å². The number of rotatable bonds is 1. The van der Waals surface area contributed by atoms with Crippen LogP contribution in [-0.4, -0.2) is 19.7 Å². The van der Waals surface area contributed by atoms with Crippen molar-refractivity contribution in [3.8, 4) is 5.82 Å². The van der Waals surface area contributed by atoms with E-state index in [-0.39, 0.29) is 0 Å². The molecule has 2 atom stereocenters. The third-order valence-corrected chi connectivity index (χ3v) is 3.56. The summed E-state index contributed by atoms with van der Waals surface area (Å²) in [6, 6.07) is 0. The van der Waals surface area contributed by atoms with Gasteiger partial charge in [-0.05, 0) is 18.8 Å². The molecule has 0 spiro atoms. The number of nitrogens with two attached hydrogens (primary N) is 1. The molecule has 2 aliphatic rings. The Hall–Kier alpha value is -1.91. The van der Waals surface area contributed by atoms with Crippen LogP contribution in [0.4, 0.5) is 5.82 Å². The van der Waals surface area contributed by atoms with Crippen molar-refractivity contribution in [2.24, 2.45) is 5.92 Å².